The number of hydrogen-bond acceptors (Lipinski definition) is 10. The van der Waals surface area contributed by atoms with E-state index in [1.165, 1.54) is 0 Å². The van der Waals surface area contributed by atoms with E-state index in [1.807, 2.05) is 32.2 Å². The van der Waals surface area contributed by atoms with Crippen LogP contribution in [-0.2, 0) is 24.4 Å². The van der Waals surface area contributed by atoms with Gasteiger partial charge in [0.15, 0.2) is 5.75 Å². The highest BCUT2D eigenvalue weighted by Crippen LogP contribution is 2.47. The number of fused-ring (bicyclic) bond motifs is 5. The topological polar surface area (TPSA) is 188 Å². The van der Waals surface area contributed by atoms with Crippen LogP contribution in [0.15, 0.2) is 36.5 Å². The van der Waals surface area contributed by atoms with Crippen molar-refractivity contribution in [3.63, 3.8) is 0 Å². The van der Waals surface area contributed by atoms with Crippen LogP contribution in [0.2, 0.25) is 0 Å². The molecule has 2 saturated carbocycles. The third-order valence-electron chi connectivity index (χ3n) is 12.9. The number of halogens is 2. The highest BCUT2D eigenvalue weighted by molar-refractivity contribution is 7.91. The molecule has 7 atom stereocenters. The van der Waals surface area contributed by atoms with E-state index in [2.05, 4.69) is 19.9 Å². The molecular weight excluding hydrogens is 791 g/mol. The van der Waals surface area contributed by atoms with Crippen LogP contribution in [0, 0.1) is 17.8 Å². The Morgan fingerprint density at radius 2 is 1.83 bits per heavy atom. The molecule has 59 heavy (non-hydrogen) atoms. The van der Waals surface area contributed by atoms with Crippen LogP contribution in [0.4, 0.5) is 19.3 Å². The maximum Gasteiger partial charge on any atom is 0.408 e. The predicted octanol–water partition coefficient (Wildman–Crippen LogP) is 4.69. The minimum Gasteiger partial charge on any atom is -0.489 e. The number of likely N-dealkylation sites (N-methyl/N-ethyl adjacent to an activating group) is 1. The van der Waals surface area contributed by atoms with Gasteiger partial charge in [0.05, 0.1) is 24.0 Å². The molecule has 1 saturated heterocycles. The van der Waals surface area contributed by atoms with Gasteiger partial charge in [-0.2, -0.15) is 0 Å². The van der Waals surface area contributed by atoms with Crippen LogP contribution in [0.1, 0.15) is 79.6 Å². The van der Waals surface area contributed by atoms with E-state index in [1.54, 1.807) is 25.3 Å². The summed E-state index contributed by atoms with van der Waals surface area (Å²) in [7, 11) is -2.04. The first-order valence-electron chi connectivity index (χ1n) is 20.3. The van der Waals surface area contributed by atoms with Crippen LogP contribution < -0.4 is 24.4 Å². The van der Waals surface area contributed by atoms with E-state index in [9.17, 15) is 27.9 Å². The number of nitrogens with zero attached hydrogens (tertiary/aromatic N) is 4. The normalized spacial score (nSPS) is 29.2. The molecule has 15 nitrogen and oxygen atoms in total. The minimum absolute atomic E-state index is 0.0934. The number of alkyl halides is 2. The second-order valence-corrected chi connectivity index (χ2v) is 19.7. The zero-order valence-electron chi connectivity index (χ0n) is 34.2. The van der Waals surface area contributed by atoms with Gasteiger partial charge in [-0.3, -0.25) is 24.0 Å². The van der Waals surface area contributed by atoms with E-state index in [0.29, 0.717) is 68.2 Å². The number of carbonyl (C=O) groups is 4. The van der Waals surface area contributed by atoms with E-state index in [0.717, 1.165) is 29.8 Å². The molecular formula is C41H54F2N6O9S. The Balaban J connectivity index is 1.29. The first kappa shape index (κ1) is 42.4. The molecule has 2 aliphatic carbocycles. The largest absolute Gasteiger partial charge is 0.489 e. The van der Waals surface area contributed by atoms with Crippen molar-refractivity contribution in [2.45, 2.75) is 120 Å². The summed E-state index contributed by atoms with van der Waals surface area (Å²) in [5, 5.41) is 14.1. The molecule has 7 rings (SSSR count). The molecule has 2 aromatic rings. The van der Waals surface area contributed by atoms with E-state index in [4.69, 9.17) is 9.47 Å². The molecule has 1 aromatic heterocycles. The summed E-state index contributed by atoms with van der Waals surface area (Å²) in [6.45, 7) is 7.24. The molecule has 4 amide bonds. The van der Waals surface area contributed by atoms with Gasteiger partial charge in [-0.25, -0.2) is 27.0 Å². The summed E-state index contributed by atoms with van der Waals surface area (Å²) in [4.78, 5) is 65.0. The maximum atomic E-state index is 15.4. The Kier molecular flexibility index (Phi) is 11.0. The summed E-state index contributed by atoms with van der Waals surface area (Å²) in [6.07, 6.45) is 4.75. The van der Waals surface area contributed by atoms with E-state index in [-0.39, 0.29) is 31.2 Å². The lowest BCUT2D eigenvalue weighted by atomic mass is 9.84. The Labute approximate surface area is 342 Å². The number of hydrogen-bond donors (Lipinski definition) is 3. The lowest BCUT2D eigenvalue weighted by Gasteiger charge is -2.47. The molecule has 3 N–H and O–H groups in total. The number of nitrogens with one attached hydrogen (secondary N) is 2. The van der Waals surface area contributed by atoms with Crippen molar-refractivity contribution in [1.29, 1.82) is 0 Å². The van der Waals surface area contributed by atoms with E-state index < -0.39 is 86.1 Å². The number of carboxylic acid groups (broad SMARTS) is 1. The number of anilines is 1. The fourth-order valence-electron chi connectivity index (χ4n) is 8.86. The molecule has 4 heterocycles. The van der Waals surface area contributed by atoms with Gasteiger partial charge in [0.1, 0.15) is 35.9 Å². The van der Waals surface area contributed by atoms with Crippen molar-refractivity contribution in [3.8, 4) is 11.6 Å². The average molecular weight is 845 g/mol. The van der Waals surface area contributed by atoms with Crippen LogP contribution in [-0.4, -0.2) is 119 Å². The Morgan fingerprint density at radius 3 is 2.51 bits per heavy atom. The molecule has 5 aliphatic rings. The third-order valence-corrected chi connectivity index (χ3v) is 14.8. The Morgan fingerprint density at radius 1 is 1.10 bits per heavy atom. The summed E-state index contributed by atoms with van der Waals surface area (Å²) in [6, 6.07) is 2.48. The van der Waals surface area contributed by atoms with Crippen molar-refractivity contribution >= 4 is 50.3 Å². The number of aromatic nitrogens is 1. The fraction of sp³-hybridized carbons (Fsp3) is 0.634. The molecule has 1 aromatic carbocycles. The van der Waals surface area contributed by atoms with Gasteiger partial charge in [0, 0.05) is 43.3 Å². The lowest BCUT2D eigenvalue weighted by molar-refractivity contribution is -0.156. The zero-order valence-corrected chi connectivity index (χ0v) is 35.1. The molecule has 3 fully saturated rings. The predicted molar refractivity (Wildman–Crippen MR) is 214 cm³/mol. The maximum absolute atomic E-state index is 15.4. The van der Waals surface area contributed by atoms with Gasteiger partial charge in [-0.05, 0) is 82.4 Å². The van der Waals surface area contributed by atoms with Crippen LogP contribution >= 0.6 is 0 Å². The second-order valence-electron chi connectivity index (χ2n) is 17.7. The molecule has 0 spiro atoms. The summed E-state index contributed by atoms with van der Waals surface area (Å²) < 4.78 is 71.4. The molecule has 322 valence electrons. The molecule has 0 bridgehead atoms. The smallest absolute Gasteiger partial charge is 0.408 e. The van der Waals surface area contributed by atoms with Crippen molar-refractivity contribution in [2.75, 3.05) is 31.6 Å². The van der Waals surface area contributed by atoms with Crippen molar-refractivity contribution in [1.82, 2.24) is 24.8 Å². The third kappa shape index (κ3) is 8.00. The summed E-state index contributed by atoms with van der Waals surface area (Å²) >= 11 is 0. The van der Waals surface area contributed by atoms with Gasteiger partial charge in [0.25, 0.3) is 11.8 Å². The standard InChI is InChI=1S/C41H54F2N6O9S/c1-23-9-7-8-10-25-21-41(25,37(52)46-59(55,56)27-11-12-27)45-34(50)31-20-26(58-35-29-13-14-30-33(28(29)15-16-44-35)57-18-17-47(30)6)22-48(31)36(51)32(24(2)19-23)49(38(53)54)39(3,4)40(5,42)43/h8,10,13-16,23-27,31-32H,7,9,11-12,17-22H2,1-6H3,(H,45,50)(H,46,52)(H,53,54)/t23-,24+,25+,26+,31-,32-,41+/m0/s1. The van der Waals surface area contributed by atoms with Crippen molar-refractivity contribution < 1.29 is 51.0 Å². The van der Waals surface area contributed by atoms with Crippen LogP contribution in [0.25, 0.3) is 10.8 Å². The van der Waals surface area contributed by atoms with Crippen LogP contribution in [0.3, 0.4) is 0 Å². The summed E-state index contributed by atoms with van der Waals surface area (Å²) in [5.74, 6) is -6.74. The minimum atomic E-state index is -3.99. The number of rotatable bonds is 8. The molecule has 3 aliphatic heterocycles. The Bertz CT molecular complexity index is 2160. The fourth-order valence-corrected chi connectivity index (χ4v) is 10.2. The van der Waals surface area contributed by atoms with Gasteiger partial charge < -0.3 is 29.7 Å². The molecule has 0 unspecified atom stereocenters. The highest BCUT2D eigenvalue weighted by atomic mass is 32.2. The van der Waals surface area contributed by atoms with E-state index >= 15 is 13.6 Å². The molecule has 0 radical (unpaired) electrons. The monoisotopic (exact) mass is 844 g/mol. The van der Waals surface area contributed by atoms with Crippen LogP contribution in [0.5, 0.6) is 11.6 Å². The number of allylic oxidation sites excluding steroid dienone is 1. The second kappa shape index (κ2) is 15.4. The average Bonchev–Trinajstić information content (AvgIpc) is 4.08. The first-order valence-corrected chi connectivity index (χ1v) is 21.9. The van der Waals surface area contributed by atoms with Gasteiger partial charge in [0.2, 0.25) is 27.7 Å². The lowest BCUT2D eigenvalue weighted by Crippen LogP contribution is -2.66. The van der Waals surface area contributed by atoms with Gasteiger partial charge in [-0.1, -0.05) is 26.0 Å². The SMILES string of the molecule is C[C@H]1CCC=C[C@@H]2C[C@@]2(C(=O)NS(=O)(=O)C2CC2)NC(=O)[C@@H]2C[C@@H](Oc3nccc4c5c(ccc34)N(C)CCO5)CN2C(=O)[C@@H](N(C(=O)O)C(C)(C)C(C)(F)F)[C@H](C)C1. The van der Waals surface area contributed by atoms with Gasteiger partial charge in [-0.15, -0.1) is 0 Å². The number of ether oxygens (including phenoxy) is 2. The Hall–Kier alpha value is -4.74. The van der Waals surface area contributed by atoms with Crippen molar-refractivity contribution in [3.05, 3.63) is 36.5 Å². The number of benzene rings is 1. The number of pyridine rings is 1. The quantitative estimate of drug-likeness (QED) is 0.313. The summed E-state index contributed by atoms with van der Waals surface area (Å²) in [5.41, 5.74) is -3.14. The number of amides is 4. The van der Waals surface area contributed by atoms with Crippen molar-refractivity contribution in [2.24, 2.45) is 17.8 Å². The number of sulfonamides is 1. The molecule has 18 heteroatoms. The zero-order chi connectivity index (χ0) is 42.8. The number of carbonyl (C=O) groups excluding carboxylic acids is 3. The van der Waals surface area contributed by atoms with Gasteiger partial charge >= 0.3 is 6.09 Å². The highest BCUT2D eigenvalue weighted by Gasteiger charge is 2.62. The first-order chi connectivity index (χ1) is 27.7.